The van der Waals surface area contributed by atoms with E-state index in [9.17, 15) is 4.79 Å². The number of nitrogens with zero attached hydrogens (tertiary/aromatic N) is 2. The Morgan fingerprint density at radius 2 is 2.16 bits per heavy atom. The summed E-state index contributed by atoms with van der Waals surface area (Å²) in [6.45, 7) is 2.19. The normalized spacial score (nSPS) is 19.2. The summed E-state index contributed by atoms with van der Waals surface area (Å²) < 4.78 is 5.50. The van der Waals surface area contributed by atoms with Crippen LogP contribution >= 0.6 is 12.4 Å². The van der Waals surface area contributed by atoms with Gasteiger partial charge in [0.25, 0.3) is 5.91 Å². The molecular weight excluding hydrogens is 340 g/mol. The van der Waals surface area contributed by atoms with Gasteiger partial charge in [0.2, 0.25) is 0 Å². The van der Waals surface area contributed by atoms with Crippen LogP contribution in [0.5, 0.6) is 5.75 Å². The summed E-state index contributed by atoms with van der Waals surface area (Å²) in [5, 5.41) is 10.8. The van der Waals surface area contributed by atoms with Crippen molar-refractivity contribution >= 4 is 18.3 Å². The Morgan fingerprint density at radius 1 is 1.32 bits per heavy atom. The lowest BCUT2D eigenvalue weighted by Crippen LogP contribution is -2.49. The fourth-order valence-corrected chi connectivity index (χ4v) is 3.80. The molecule has 2 heterocycles. The van der Waals surface area contributed by atoms with E-state index < -0.39 is 0 Å². The van der Waals surface area contributed by atoms with Gasteiger partial charge in [-0.15, -0.1) is 12.4 Å². The quantitative estimate of drug-likeness (QED) is 0.877. The van der Waals surface area contributed by atoms with Crippen LogP contribution in [-0.2, 0) is 12.8 Å². The molecule has 1 fully saturated rings. The number of carbonyl (C=O) groups excluding carboxylic acids is 1. The molecule has 6 nitrogen and oxygen atoms in total. The average Bonchev–Trinajstić information content (AvgIpc) is 3.24. The van der Waals surface area contributed by atoms with Crippen molar-refractivity contribution in [2.24, 2.45) is 0 Å². The molecule has 1 aliphatic carbocycles. The highest BCUT2D eigenvalue weighted by atomic mass is 35.5. The molecule has 7 heteroatoms. The summed E-state index contributed by atoms with van der Waals surface area (Å²) in [5.74, 6) is 0.836. The number of aromatic nitrogens is 2. The molecule has 0 spiro atoms. The van der Waals surface area contributed by atoms with Gasteiger partial charge in [0.1, 0.15) is 5.75 Å². The van der Waals surface area contributed by atoms with Gasteiger partial charge in [0, 0.05) is 36.5 Å². The summed E-state index contributed by atoms with van der Waals surface area (Å²) in [5.41, 5.74) is 3.87. The Kier molecular flexibility index (Phi) is 5.30. The fraction of sp³-hybridized carbons (Fsp3) is 0.444. The first-order valence-corrected chi connectivity index (χ1v) is 8.50. The minimum atomic E-state index is -0.0452. The van der Waals surface area contributed by atoms with E-state index in [0.717, 1.165) is 54.9 Å². The van der Waals surface area contributed by atoms with Gasteiger partial charge in [-0.05, 0) is 25.3 Å². The van der Waals surface area contributed by atoms with Crippen molar-refractivity contribution in [2.45, 2.75) is 25.3 Å². The Balaban J connectivity index is 0.00000182. The second-order valence-electron chi connectivity index (χ2n) is 6.34. The van der Waals surface area contributed by atoms with E-state index in [1.54, 1.807) is 7.11 Å². The molecule has 2 aromatic rings. The van der Waals surface area contributed by atoms with E-state index in [0.29, 0.717) is 12.2 Å². The Labute approximate surface area is 153 Å². The third-order valence-corrected chi connectivity index (χ3v) is 5.01. The molecule has 1 aromatic carbocycles. The first kappa shape index (κ1) is 17.8. The maximum Gasteiger partial charge on any atom is 0.275 e. The molecule has 2 aliphatic rings. The number of fused-ring (bicyclic) bond motifs is 1. The number of aryl methyl sites for hydroxylation is 1. The molecule has 25 heavy (non-hydrogen) atoms. The fourth-order valence-electron chi connectivity index (χ4n) is 3.80. The number of para-hydroxylation sites is 1. The van der Waals surface area contributed by atoms with Crippen molar-refractivity contribution in [3.8, 4) is 5.75 Å². The van der Waals surface area contributed by atoms with E-state index in [2.05, 4.69) is 15.5 Å². The average molecular weight is 363 g/mol. The van der Waals surface area contributed by atoms with Gasteiger partial charge >= 0.3 is 0 Å². The highest BCUT2D eigenvalue weighted by Crippen LogP contribution is 2.32. The number of benzene rings is 1. The van der Waals surface area contributed by atoms with E-state index in [1.807, 2.05) is 29.2 Å². The third kappa shape index (κ3) is 3.12. The molecule has 0 saturated carbocycles. The summed E-state index contributed by atoms with van der Waals surface area (Å²) >= 11 is 0. The van der Waals surface area contributed by atoms with Gasteiger partial charge in [-0.25, -0.2) is 0 Å². The van der Waals surface area contributed by atoms with Crippen LogP contribution in [0.3, 0.4) is 0 Å². The van der Waals surface area contributed by atoms with Crippen molar-refractivity contribution in [2.75, 3.05) is 26.7 Å². The number of halogens is 1. The highest BCUT2D eigenvalue weighted by Gasteiger charge is 2.33. The van der Waals surface area contributed by atoms with E-state index in [4.69, 9.17) is 4.74 Å². The number of hydrogen-bond acceptors (Lipinski definition) is 4. The maximum atomic E-state index is 13.2. The second-order valence-corrected chi connectivity index (χ2v) is 6.34. The summed E-state index contributed by atoms with van der Waals surface area (Å²) in [6, 6.07) is 7.87. The zero-order valence-electron chi connectivity index (χ0n) is 14.2. The molecule has 1 atom stereocenters. The van der Waals surface area contributed by atoms with Crippen molar-refractivity contribution in [1.82, 2.24) is 20.4 Å². The van der Waals surface area contributed by atoms with Crippen LogP contribution in [-0.4, -0.2) is 47.7 Å². The number of ether oxygens (including phenoxy) is 1. The highest BCUT2D eigenvalue weighted by molar-refractivity contribution is 5.94. The predicted octanol–water partition coefficient (Wildman–Crippen LogP) is 2.12. The molecule has 1 unspecified atom stereocenters. The predicted molar refractivity (Wildman–Crippen MR) is 97.5 cm³/mol. The SMILES string of the molecule is COc1ccccc1C1CNCCN1C(=O)c1n[nH]c2c1CCC2.Cl. The number of methoxy groups -OCH3 is 1. The number of aromatic amines is 1. The van der Waals surface area contributed by atoms with Crippen LogP contribution < -0.4 is 10.1 Å². The van der Waals surface area contributed by atoms with Crippen molar-refractivity contribution in [3.63, 3.8) is 0 Å². The minimum absolute atomic E-state index is 0. The van der Waals surface area contributed by atoms with E-state index in [-0.39, 0.29) is 24.4 Å². The third-order valence-electron chi connectivity index (χ3n) is 5.01. The van der Waals surface area contributed by atoms with Gasteiger partial charge in [-0.3, -0.25) is 9.89 Å². The van der Waals surface area contributed by atoms with Crippen molar-refractivity contribution in [3.05, 3.63) is 46.8 Å². The number of H-pyrrole nitrogens is 1. The minimum Gasteiger partial charge on any atom is -0.496 e. The smallest absolute Gasteiger partial charge is 0.275 e. The molecule has 2 N–H and O–H groups in total. The van der Waals surface area contributed by atoms with Gasteiger partial charge < -0.3 is 15.0 Å². The largest absolute Gasteiger partial charge is 0.496 e. The van der Waals surface area contributed by atoms with Gasteiger partial charge in [0.05, 0.1) is 13.2 Å². The summed E-state index contributed by atoms with van der Waals surface area (Å²) in [7, 11) is 1.67. The van der Waals surface area contributed by atoms with Gasteiger partial charge in [-0.1, -0.05) is 18.2 Å². The van der Waals surface area contributed by atoms with Gasteiger partial charge in [-0.2, -0.15) is 5.10 Å². The van der Waals surface area contributed by atoms with Crippen molar-refractivity contribution < 1.29 is 9.53 Å². The number of piperazine rings is 1. The maximum absolute atomic E-state index is 13.2. The van der Waals surface area contributed by atoms with Crippen LogP contribution in [0.2, 0.25) is 0 Å². The Hall–Kier alpha value is -2.05. The van der Waals surface area contributed by atoms with Crippen LogP contribution in [0.4, 0.5) is 0 Å². The molecule has 1 amide bonds. The molecule has 0 bridgehead atoms. The van der Waals surface area contributed by atoms with E-state index in [1.165, 1.54) is 0 Å². The molecule has 1 aromatic heterocycles. The lowest BCUT2D eigenvalue weighted by molar-refractivity contribution is 0.0624. The first-order chi connectivity index (χ1) is 11.8. The monoisotopic (exact) mass is 362 g/mol. The first-order valence-electron chi connectivity index (χ1n) is 8.50. The summed E-state index contributed by atoms with van der Waals surface area (Å²) in [4.78, 5) is 15.1. The molecule has 1 aliphatic heterocycles. The van der Waals surface area contributed by atoms with Crippen LogP contribution in [0.15, 0.2) is 24.3 Å². The van der Waals surface area contributed by atoms with E-state index >= 15 is 0 Å². The standard InChI is InChI=1S/C18H22N4O2.ClH/c1-24-16-8-3-2-5-13(16)15-11-19-9-10-22(15)18(23)17-12-6-4-7-14(12)20-21-17;/h2-3,5,8,15,19H,4,6-7,9-11H2,1H3,(H,20,21);1H. The van der Waals surface area contributed by atoms with Crippen LogP contribution in [0.1, 0.15) is 39.8 Å². The zero-order chi connectivity index (χ0) is 16.5. The van der Waals surface area contributed by atoms with Crippen molar-refractivity contribution in [1.29, 1.82) is 0 Å². The number of nitrogens with one attached hydrogen (secondary N) is 2. The van der Waals surface area contributed by atoms with Crippen LogP contribution in [0.25, 0.3) is 0 Å². The molecule has 134 valence electrons. The van der Waals surface area contributed by atoms with Crippen LogP contribution in [0, 0.1) is 0 Å². The number of amides is 1. The lowest BCUT2D eigenvalue weighted by atomic mass is 10.0. The molecular formula is C18H23ClN4O2. The Bertz CT molecular complexity index is 761. The summed E-state index contributed by atoms with van der Waals surface area (Å²) in [6.07, 6.45) is 3.03. The Morgan fingerprint density at radius 3 is 3.00 bits per heavy atom. The van der Waals surface area contributed by atoms with Gasteiger partial charge in [0.15, 0.2) is 5.69 Å². The molecule has 1 saturated heterocycles. The second kappa shape index (κ2) is 7.45. The molecule has 0 radical (unpaired) electrons. The molecule has 4 rings (SSSR count). The topological polar surface area (TPSA) is 70.2 Å². The number of rotatable bonds is 3. The zero-order valence-corrected chi connectivity index (χ0v) is 15.1. The number of carbonyl (C=O) groups is 1. The lowest BCUT2D eigenvalue weighted by Gasteiger charge is -2.36. The number of hydrogen-bond donors (Lipinski definition) is 2.